The van der Waals surface area contributed by atoms with Crippen LogP contribution in [0.15, 0.2) is 17.0 Å². The van der Waals surface area contributed by atoms with E-state index in [1.807, 2.05) is 7.05 Å². The molecule has 1 rings (SSSR count). The first-order chi connectivity index (χ1) is 8.30. The Morgan fingerprint density at radius 1 is 1.41 bits per heavy atom. The first-order valence-electron chi connectivity index (χ1n) is 5.99. The van der Waals surface area contributed by atoms with Gasteiger partial charge in [-0.05, 0) is 31.8 Å². The van der Waals surface area contributed by atoms with Crippen LogP contribution >= 0.6 is 0 Å². The Kier molecular flexibility index (Phi) is 6.14. The fraction of sp³-hybridized carbons (Fsp3) is 0.727. The van der Waals surface area contributed by atoms with E-state index in [2.05, 4.69) is 20.7 Å². The molecular formula is C11H20N6. The van der Waals surface area contributed by atoms with Gasteiger partial charge in [-0.3, -0.25) is 0 Å². The van der Waals surface area contributed by atoms with Gasteiger partial charge >= 0.3 is 0 Å². The summed E-state index contributed by atoms with van der Waals surface area (Å²) in [4.78, 5) is 2.67. The largest absolute Gasteiger partial charge is 0.388 e. The molecule has 6 nitrogen and oxygen atoms in total. The Hall–Kier alpha value is -1.52. The van der Waals surface area contributed by atoms with Crippen molar-refractivity contribution >= 4 is 6.21 Å². The van der Waals surface area contributed by atoms with Crippen LogP contribution in [0, 0.1) is 5.41 Å². The van der Waals surface area contributed by atoms with Gasteiger partial charge in [-0.15, -0.1) is 0 Å². The van der Waals surface area contributed by atoms with Gasteiger partial charge in [0.15, 0.2) is 0 Å². The van der Waals surface area contributed by atoms with Crippen LogP contribution in [0.1, 0.15) is 32.1 Å². The molecule has 0 bridgehead atoms. The average molecular weight is 236 g/mol. The first kappa shape index (κ1) is 13.5. The molecule has 1 aliphatic rings. The van der Waals surface area contributed by atoms with E-state index >= 15 is 0 Å². The van der Waals surface area contributed by atoms with E-state index in [0.717, 1.165) is 19.1 Å². The van der Waals surface area contributed by atoms with Gasteiger partial charge in [-0.2, -0.15) is 0 Å². The van der Waals surface area contributed by atoms with Crippen molar-refractivity contribution < 1.29 is 0 Å². The predicted octanol–water partition coefficient (Wildman–Crippen LogP) is 2.30. The van der Waals surface area contributed by atoms with Crippen LogP contribution in [0.5, 0.6) is 0 Å². The van der Waals surface area contributed by atoms with E-state index in [9.17, 15) is 0 Å². The van der Waals surface area contributed by atoms with E-state index in [-0.39, 0.29) is 0 Å². The van der Waals surface area contributed by atoms with Crippen LogP contribution < -0.4 is 10.6 Å². The van der Waals surface area contributed by atoms with Crippen molar-refractivity contribution in [1.82, 2.24) is 10.6 Å². The van der Waals surface area contributed by atoms with Crippen molar-refractivity contribution in [3.8, 4) is 0 Å². The fourth-order valence-corrected chi connectivity index (χ4v) is 2.13. The van der Waals surface area contributed by atoms with Crippen LogP contribution in [-0.4, -0.2) is 25.3 Å². The zero-order chi connectivity index (χ0) is 12.5. The molecule has 2 atom stereocenters. The molecule has 0 aromatic heterocycles. The van der Waals surface area contributed by atoms with Crippen LogP contribution in [0.25, 0.3) is 10.4 Å². The summed E-state index contributed by atoms with van der Waals surface area (Å²) in [5.74, 6) is 0. The van der Waals surface area contributed by atoms with Crippen molar-refractivity contribution in [3.63, 3.8) is 0 Å². The second-order valence-corrected chi connectivity index (χ2v) is 4.27. The Balaban J connectivity index is 2.53. The molecule has 0 amide bonds. The molecule has 0 heterocycles. The lowest BCUT2D eigenvalue weighted by molar-refractivity contribution is 0.441. The van der Waals surface area contributed by atoms with Gasteiger partial charge in [0.2, 0.25) is 0 Å². The average Bonchev–Trinajstić information content (AvgIpc) is 2.59. The van der Waals surface area contributed by atoms with Crippen molar-refractivity contribution in [3.05, 3.63) is 22.3 Å². The molecule has 2 unspecified atom stereocenters. The summed E-state index contributed by atoms with van der Waals surface area (Å²) >= 11 is 0. The summed E-state index contributed by atoms with van der Waals surface area (Å²) in [6.07, 6.45) is 8.55. The lowest BCUT2D eigenvalue weighted by atomic mass is 10.1. The number of azide groups is 1. The van der Waals surface area contributed by atoms with Gasteiger partial charge in [0.1, 0.15) is 0 Å². The van der Waals surface area contributed by atoms with E-state index in [1.54, 1.807) is 6.20 Å². The second kappa shape index (κ2) is 7.70. The molecular weight excluding hydrogens is 216 g/mol. The van der Waals surface area contributed by atoms with Crippen LogP contribution in [0.2, 0.25) is 0 Å². The normalized spacial score (nSPS) is 25.6. The maximum atomic E-state index is 8.31. The van der Waals surface area contributed by atoms with E-state index in [0.29, 0.717) is 17.8 Å². The second-order valence-electron chi connectivity index (χ2n) is 4.27. The number of nitrogens with zero attached hydrogens (tertiary/aromatic N) is 3. The number of hydrogen-bond acceptors (Lipinski definition) is 4. The van der Waals surface area contributed by atoms with E-state index < -0.39 is 0 Å². The molecule has 1 saturated carbocycles. The Bertz CT molecular complexity index is 318. The Morgan fingerprint density at radius 3 is 2.71 bits per heavy atom. The van der Waals surface area contributed by atoms with Crippen molar-refractivity contribution in [2.45, 2.75) is 44.2 Å². The number of hydrogen-bond donors (Lipinski definition) is 3. The van der Waals surface area contributed by atoms with Crippen molar-refractivity contribution in [2.24, 2.45) is 5.11 Å². The summed E-state index contributed by atoms with van der Waals surface area (Å²) in [5.41, 5.74) is 8.62. The molecule has 1 aliphatic carbocycles. The molecule has 1 fully saturated rings. The quantitative estimate of drug-likeness (QED) is 0.224. The number of nitrogens with one attached hydrogen (secondary N) is 3. The Morgan fingerprint density at radius 2 is 2.12 bits per heavy atom. The number of allylic oxidation sites excluding steroid dienone is 1. The first-order valence-corrected chi connectivity index (χ1v) is 5.99. The van der Waals surface area contributed by atoms with Gasteiger partial charge in [-0.1, -0.05) is 18.0 Å². The smallest absolute Gasteiger partial charge is 0.0707 e. The highest BCUT2D eigenvalue weighted by Gasteiger charge is 2.17. The molecule has 17 heavy (non-hydrogen) atoms. The van der Waals surface area contributed by atoms with Crippen LogP contribution in [0.4, 0.5) is 0 Å². The summed E-state index contributed by atoms with van der Waals surface area (Å²) in [6.45, 7) is 0. The van der Waals surface area contributed by atoms with Gasteiger partial charge in [0.25, 0.3) is 0 Å². The highest BCUT2D eigenvalue weighted by molar-refractivity contribution is 5.74. The summed E-state index contributed by atoms with van der Waals surface area (Å²) in [7, 11) is 1.99. The molecule has 0 aromatic rings. The van der Waals surface area contributed by atoms with Crippen LogP contribution in [0.3, 0.4) is 0 Å². The standard InChI is InChI=1S/C11H20N6/c1-14-9-4-2-3-5-10(6-9)15-8-11(7-12)16-17-13/h7-10,12,14-15H,2-6H2,1H3/b11-8+,12-7?. The maximum Gasteiger partial charge on any atom is 0.0707 e. The summed E-state index contributed by atoms with van der Waals surface area (Å²) in [5, 5.41) is 17.1. The van der Waals surface area contributed by atoms with Gasteiger partial charge < -0.3 is 16.0 Å². The summed E-state index contributed by atoms with van der Waals surface area (Å²) in [6, 6.07) is 0.935. The lowest BCUT2D eigenvalue weighted by Gasteiger charge is -2.20. The minimum Gasteiger partial charge on any atom is -0.388 e. The third kappa shape index (κ3) is 4.89. The summed E-state index contributed by atoms with van der Waals surface area (Å²) < 4.78 is 0. The molecule has 0 aliphatic heterocycles. The van der Waals surface area contributed by atoms with Crippen molar-refractivity contribution in [2.75, 3.05) is 7.05 Å². The zero-order valence-electron chi connectivity index (χ0n) is 10.2. The van der Waals surface area contributed by atoms with Crippen LogP contribution in [-0.2, 0) is 0 Å². The van der Waals surface area contributed by atoms with Gasteiger partial charge in [0, 0.05) is 29.4 Å². The van der Waals surface area contributed by atoms with Gasteiger partial charge in [-0.25, -0.2) is 0 Å². The Labute approximate surface area is 102 Å². The number of rotatable bonds is 5. The zero-order valence-corrected chi connectivity index (χ0v) is 10.2. The van der Waals surface area contributed by atoms with E-state index in [4.69, 9.17) is 10.9 Å². The lowest BCUT2D eigenvalue weighted by Crippen LogP contribution is -2.33. The SMILES string of the molecule is CNC1CCCCC(N/C=C(\C=N)N=[N+]=[N-])C1. The molecule has 0 spiro atoms. The maximum absolute atomic E-state index is 8.31. The highest BCUT2D eigenvalue weighted by Crippen LogP contribution is 2.18. The third-order valence-electron chi connectivity index (χ3n) is 3.11. The fourth-order valence-electron chi connectivity index (χ4n) is 2.13. The predicted molar refractivity (Wildman–Crippen MR) is 68.9 cm³/mol. The van der Waals surface area contributed by atoms with E-state index in [1.165, 1.54) is 19.3 Å². The minimum atomic E-state index is 0.317. The molecule has 94 valence electrons. The molecule has 3 N–H and O–H groups in total. The molecule has 6 heteroatoms. The third-order valence-corrected chi connectivity index (χ3v) is 3.11. The monoisotopic (exact) mass is 236 g/mol. The molecule has 0 radical (unpaired) electrons. The topological polar surface area (TPSA) is 96.7 Å². The molecule has 0 saturated heterocycles. The van der Waals surface area contributed by atoms with Gasteiger partial charge in [0.05, 0.1) is 5.70 Å². The van der Waals surface area contributed by atoms with Crippen molar-refractivity contribution in [1.29, 1.82) is 5.41 Å². The molecule has 0 aromatic carbocycles. The minimum absolute atomic E-state index is 0.317. The highest BCUT2D eigenvalue weighted by atomic mass is 15.1.